The smallest absolute Gasteiger partial charge is 0.0462 e. The highest BCUT2D eigenvalue weighted by atomic mass is 32.1. The van der Waals surface area contributed by atoms with Crippen molar-refractivity contribution in [3.05, 3.63) is 265 Å². The molecule has 0 bridgehead atoms. The van der Waals surface area contributed by atoms with Crippen molar-refractivity contribution >= 4 is 90.8 Å². The van der Waals surface area contributed by atoms with Crippen LogP contribution in [0.5, 0.6) is 0 Å². The van der Waals surface area contributed by atoms with Crippen molar-refractivity contribution in [1.82, 2.24) is 0 Å². The van der Waals surface area contributed by atoms with Gasteiger partial charge in [-0.05, 0) is 200 Å². The Morgan fingerprint density at radius 2 is 0.500 bits per heavy atom. The first-order valence-electron chi connectivity index (χ1n) is 27.2. The maximum Gasteiger partial charge on any atom is 0.0462 e. The molecule has 0 N–H and O–H groups in total. The third-order valence-electron chi connectivity index (χ3n) is 15.0. The minimum absolute atomic E-state index is 0.0500. The Bertz CT molecular complexity index is 3840. The van der Waals surface area contributed by atoms with Crippen LogP contribution in [-0.4, -0.2) is 7.05 Å². The molecule has 0 aliphatic rings. The molecule has 0 spiro atoms. The Kier molecular flexibility index (Phi) is 14.6. The van der Waals surface area contributed by atoms with E-state index in [2.05, 4.69) is 317 Å². The Balaban J connectivity index is 0.814. The van der Waals surface area contributed by atoms with Crippen LogP contribution in [0.1, 0.15) is 52.7 Å². The van der Waals surface area contributed by atoms with E-state index in [1.165, 1.54) is 68.3 Å². The molecule has 4 heterocycles. The average Bonchev–Trinajstić information content (AvgIpc) is 4.45. The van der Waals surface area contributed by atoms with Gasteiger partial charge in [0.25, 0.3) is 0 Å². The van der Waals surface area contributed by atoms with E-state index in [1.807, 2.05) is 22.7 Å². The Hall–Kier alpha value is -8.04. The minimum Gasteiger partial charge on any atom is -0.345 e. The lowest BCUT2D eigenvalue weighted by Crippen LogP contribution is -2.13. The largest absolute Gasteiger partial charge is 0.345 e. The van der Waals surface area contributed by atoms with Gasteiger partial charge < -0.3 is 14.7 Å². The van der Waals surface area contributed by atoms with Crippen LogP contribution in [0.4, 0.5) is 45.5 Å². The Morgan fingerprint density at radius 1 is 0.250 bits per heavy atom. The van der Waals surface area contributed by atoms with E-state index < -0.39 is 0 Å². The fourth-order valence-corrected chi connectivity index (χ4v) is 14.0. The van der Waals surface area contributed by atoms with Crippen molar-refractivity contribution < 1.29 is 0 Å². The summed E-state index contributed by atoms with van der Waals surface area (Å²) in [4.78, 5) is 14.7. The van der Waals surface area contributed by atoms with Crippen molar-refractivity contribution in [2.75, 3.05) is 21.7 Å². The summed E-state index contributed by atoms with van der Waals surface area (Å²) < 4.78 is 0. The van der Waals surface area contributed by atoms with Crippen LogP contribution in [0, 0.1) is 0 Å². The quantitative estimate of drug-likeness (QED) is 0.107. The number of benzene rings is 8. The fourth-order valence-electron chi connectivity index (χ4n) is 10.3. The van der Waals surface area contributed by atoms with Crippen LogP contribution < -0.4 is 14.7 Å². The van der Waals surface area contributed by atoms with Crippen molar-refractivity contribution in [2.24, 2.45) is 0 Å². The highest BCUT2D eigenvalue weighted by Crippen LogP contribution is 2.44. The summed E-state index contributed by atoms with van der Waals surface area (Å²) in [5.74, 6) is 0. The molecular weight excluding hydrogens is 1050 g/mol. The van der Waals surface area contributed by atoms with Gasteiger partial charge in [0.2, 0.25) is 0 Å². The van der Waals surface area contributed by atoms with E-state index in [-0.39, 0.29) is 10.8 Å². The van der Waals surface area contributed by atoms with Crippen molar-refractivity contribution in [3.63, 3.8) is 0 Å². The second kappa shape index (κ2) is 22.2. The number of rotatable bonds is 14. The van der Waals surface area contributed by atoms with E-state index >= 15 is 0 Å². The summed E-state index contributed by atoms with van der Waals surface area (Å²) in [6, 6.07) is 89.6. The summed E-state index contributed by atoms with van der Waals surface area (Å²) in [5.41, 5.74) is 18.9. The molecule has 7 heteroatoms. The predicted octanol–water partition coefficient (Wildman–Crippen LogP) is 23.2. The molecular formula is C73H63N3S4. The molecule has 8 aromatic carbocycles. The summed E-state index contributed by atoms with van der Waals surface area (Å²) in [7, 11) is 2.14. The first-order chi connectivity index (χ1) is 38.8. The van der Waals surface area contributed by atoms with Crippen LogP contribution in [0.25, 0.3) is 62.6 Å². The molecule has 0 unspecified atom stereocenters. The van der Waals surface area contributed by atoms with Crippen LogP contribution in [0.3, 0.4) is 0 Å². The molecule has 0 amide bonds. The number of nitrogens with zero attached hydrogens (tertiary/aromatic N) is 3. The zero-order valence-electron chi connectivity index (χ0n) is 46.2. The topological polar surface area (TPSA) is 9.72 Å². The average molecular weight is 1110 g/mol. The summed E-state index contributed by atoms with van der Waals surface area (Å²) in [5, 5.41) is 4.29. The zero-order chi connectivity index (χ0) is 55.0. The van der Waals surface area contributed by atoms with Gasteiger partial charge in [0, 0.05) is 81.8 Å². The lowest BCUT2D eigenvalue weighted by atomic mass is 9.87. The van der Waals surface area contributed by atoms with Crippen molar-refractivity contribution in [3.8, 4) is 62.6 Å². The van der Waals surface area contributed by atoms with Gasteiger partial charge in [-0.25, -0.2) is 0 Å². The zero-order valence-corrected chi connectivity index (χ0v) is 49.5. The minimum atomic E-state index is 0.0500. The molecule has 0 fully saturated rings. The number of anilines is 8. The third-order valence-corrected chi connectivity index (χ3v) is 19.4. The summed E-state index contributed by atoms with van der Waals surface area (Å²) in [6.07, 6.45) is 0. The third kappa shape index (κ3) is 11.3. The van der Waals surface area contributed by atoms with Gasteiger partial charge in [0.1, 0.15) is 0 Å². The molecule has 12 rings (SSSR count). The van der Waals surface area contributed by atoms with Crippen LogP contribution in [0.2, 0.25) is 0 Å². The highest BCUT2D eigenvalue weighted by Gasteiger charge is 2.20. The van der Waals surface area contributed by atoms with E-state index in [9.17, 15) is 0 Å². The predicted molar refractivity (Wildman–Crippen MR) is 352 cm³/mol. The number of hydrogen-bond donors (Lipinski definition) is 0. The maximum atomic E-state index is 2.37. The second-order valence-corrected chi connectivity index (χ2v) is 26.5. The van der Waals surface area contributed by atoms with Gasteiger partial charge in [-0.2, -0.15) is 0 Å². The van der Waals surface area contributed by atoms with E-state index in [0.717, 1.165) is 50.9 Å². The molecule has 12 aromatic rings. The molecule has 3 nitrogen and oxygen atoms in total. The number of hydrogen-bond acceptors (Lipinski definition) is 7. The maximum absolute atomic E-state index is 2.37. The summed E-state index contributed by atoms with van der Waals surface area (Å²) in [6.45, 7) is 13.6. The molecule has 0 saturated carbocycles. The van der Waals surface area contributed by atoms with Gasteiger partial charge in [-0.3, -0.25) is 0 Å². The van der Waals surface area contributed by atoms with Gasteiger partial charge >= 0.3 is 0 Å². The molecule has 0 aliphatic heterocycles. The molecule has 0 radical (unpaired) electrons. The molecule has 0 atom stereocenters. The first-order valence-corrected chi connectivity index (χ1v) is 30.6. The lowest BCUT2D eigenvalue weighted by molar-refractivity contribution is 0.590. The van der Waals surface area contributed by atoms with E-state index in [4.69, 9.17) is 0 Å². The molecule has 394 valence electrons. The van der Waals surface area contributed by atoms with Crippen molar-refractivity contribution in [2.45, 2.75) is 52.4 Å². The first kappa shape index (κ1) is 52.6. The lowest BCUT2D eigenvalue weighted by Gasteiger charge is -2.27. The fraction of sp³-hybridized carbons (Fsp3) is 0.123. The molecule has 4 aromatic heterocycles. The molecule has 0 aliphatic carbocycles. The van der Waals surface area contributed by atoms with Gasteiger partial charge in [-0.1, -0.05) is 151 Å². The normalized spacial score (nSPS) is 11.7. The Labute approximate surface area is 488 Å². The number of thiophene rings is 4. The second-order valence-electron chi connectivity index (χ2n) is 22.4. The van der Waals surface area contributed by atoms with Gasteiger partial charge in [0.15, 0.2) is 0 Å². The molecule has 80 heavy (non-hydrogen) atoms. The highest BCUT2D eigenvalue weighted by molar-refractivity contribution is 7.23. The summed E-state index contributed by atoms with van der Waals surface area (Å²) >= 11 is 7.27. The van der Waals surface area contributed by atoms with Crippen LogP contribution >= 0.6 is 45.3 Å². The van der Waals surface area contributed by atoms with Gasteiger partial charge in [0.05, 0.1) is 0 Å². The Morgan fingerprint density at radius 3 is 0.775 bits per heavy atom. The van der Waals surface area contributed by atoms with Crippen molar-refractivity contribution in [1.29, 1.82) is 0 Å². The van der Waals surface area contributed by atoms with Gasteiger partial charge in [-0.15, -0.1) is 45.3 Å². The van der Waals surface area contributed by atoms with Crippen LogP contribution in [0.15, 0.2) is 253 Å². The van der Waals surface area contributed by atoms with E-state index in [1.54, 1.807) is 22.7 Å². The monoisotopic (exact) mass is 1110 g/mol. The van der Waals surface area contributed by atoms with E-state index in [0.29, 0.717) is 0 Å². The SMILES string of the molecule is CN(c1ccc(-c2ccc(N(c3ccc(-c4ccc(N(c5ccc(-c6ccc(-c7cccs7)s6)cc5)c5ccc(-c6ccc(-c7cccs7)s6)cc5)cc4)cc3)c3ccc(C(C)(C)C)cc3)cc2)cc1)c1ccc(C(C)(C)C)cc1. The van der Waals surface area contributed by atoms with Crippen LogP contribution in [-0.2, 0) is 10.8 Å². The standard InChI is InChI=1S/C73H63N3S4/c1-72(2,3)56-24-40-59(41-25-56)74(7)58-28-12-50(13-29-58)51-14-32-61(33-15-51)76(65-42-26-57(27-43-65)73(4,5)6)62-34-18-53(19-35-62)52-16-30-60(31-17-52)75(63-36-20-54(21-37-63)66-44-46-70(79-66)68-10-8-48-77-68)64-38-22-55(23-39-64)67-45-47-71(80-67)69-11-9-49-78-69/h8-49H,1-7H3. The molecule has 0 saturated heterocycles.